The molecule has 0 amide bonds. The summed E-state index contributed by atoms with van der Waals surface area (Å²) in [4.78, 5) is 0. The molecule has 1 aliphatic heterocycles. The Kier molecular flexibility index (Phi) is 3.02. The van der Waals surface area contributed by atoms with Crippen molar-refractivity contribution in [2.45, 2.75) is 6.42 Å². The normalized spacial score (nSPS) is 20.0. The Morgan fingerprint density at radius 3 is 1.67 bits per heavy atom. The third-order valence-corrected chi connectivity index (χ3v) is 0.729. The Labute approximate surface area is 37.7 Å². The van der Waals surface area contributed by atoms with Crippen LogP contribution < -0.4 is 17.0 Å². The van der Waals surface area contributed by atoms with Crippen LogP contribution in [0.5, 0.6) is 0 Å². The molecule has 3 heteroatoms. The van der Waals surface area contributed by atoms with E-state index in [2.05, 4.69) is 10.9 Å². The molecule has 1 aliphatic rings. The van der Waals surface area contributed by atoms with Crippen molar-refractivity contribution in [3.63, 3.8) is 0 Å². The van der Waals surface area contributed by atoms with E-state index in [9.17, 15) is 0 Å². The second-order valence-electron chi connectivity index (χ2n) is 1.21. The van der Waals surface area contributed by atoms with E-state index in [1.165, 1.54) is 6.42 Å². The van der Waals surface area contributed by atoms with Crippen molar-refractivity contribution >= 4 is 0 Å². The van der Waals surface area contributed by atoms with Crippen LogP contribution >= 0.6 is 0 Å². The van der Waals surface area contributed by atoms with Gasteiger partial charge in [0.15, 0.2) is 0 Å². The summed E-state index contributed by atoms with van der Waals surface area (Å²) in [7, 11) is 0. The first-order valence-corrected chi connectivity index (χ1v) is 1.96. The molecule has 1 heterocycles. The molecule has 0 spiro atoms. The topological polar surface area (TPSA) is 59.1 Å². The predicted octanol–water partition coefficient (Wildman–Crippen LogP) is -0.354. The number of hydrazine groups is 1. The number of rotatable bonds is 0. The third-order valence-electron chi connectivity index (χ3n) is 0.729. The zero-order valence-electron chi connectivity index (χ0n) is 3.83. The monoisotopic (exact) mass is 89.1 g/mol. The van der Waals surface area contributed by atoms with E-state index in [4.69, 9.17) is 0 Å². The molecule has 5 N–H and O–H groups in total. The van der Waals surface area contributed by atoms with Crippen LogP contribution in [0.4, 0.5) is 0 Å². The van der Waals surface area contributed by atoms with Gasteiger partial charge in [-0.25, -0.2) is 0 Å². The maximum atomic E-state index is 2.97. The summed E-state index contributed by atoms with van der Waals surface area (Å²) < 4.78 is 0. The van der Waals surface area contributed by atoms with E-state index in [-0.39, 0.29) is 6.15 Å². The average molecular weight is 89.1 g/mol. The average Bonchev–Trinajstić information content (AvgIpc) is 1.76. The SMILES string of the molecule is C1CNNC1.N. The van der Waals surface area contributed by atoms with Gasteiger partial charge in [0.1, 0.15) is 0 Å². The third kappa shape index (κ3) is 1.35. The van der Waals surface area contributed by atoms with Crippen LogP contribution in [0.3, 0.4) is 0 Å². The van der Waals surface area contributed by atoms with Crippen molar-refractivity contribution in [3.8, 4) is 0 Å². The summed E-state index contributed by atoms with van der Waals surface area (Å²) >= 11 is 0. The van der Waals surface area contributed by atoms with Crippen molar-refractivity contribution in [1.29, 1.82) is 0 Å². The molecule has 0 aromatic heterocycles. The maximum Gasteiger partial charge on any atom is 0.0112 e. The minimum absolute atomic E-state index is 0. The molecule has 0 unspecified atom stereocenters. The smallest absolute Gasteiger partial charge is 0.0112 e. The Bertz CT molecular complexity index is 17.6. The highest BCUT2D eigenvalue weighted by Gasteiger charge is 1.91. The highest BCUT2D eigenvalue weighted by Crippen LogP contribution is 1.74. The lowest BCUT2D eigenvalue weighted by atomic mass is 10.5. The van der Waals surface area contributed by atoms with Crippen LogP contribution in [0.25, 0.3) is 0 Å². The summed E-state index contributed by atoms with van der Waals surface area (Å²) in [6, 6.07) is 0. The first-order valence-electron chi connectivity index (χ1n) is 1.96. The zero-order valence-corrected chi connectivity index (χ0v) is 3.83. The van der Waals surface area contributed by atoms with Gasteiger partial charge in [-0.2, -0.15) is 0 Å². The summed E-state index contributed by atoms with van der Waals surface area (Å²) in [6.45, 7) is 2.28. The second-order valence-corrected chi connectivity index (χ2v) is 1.21. The molecule has 6 heavy (non-hydrogen) atoms. The highest BCUT2D eigenvalue weighted by atomic mass is 15.4. The maximum absolute atomic E-state index is 2.97. The van der Waals surface area contributed by atoms with Crippen LogP contribution in [-0.4, -0.2) is 13.1 Å². The molecule has 38 valence electrons. The van der Waals surface area contributed by atoms with Gasteiger partial charge in [0, 0.05) is 13.1 Å². The summed E-state index contributed by atoms with van der Waals surface area (Å²) in [5, 5.41) is 0. The molecule has 0 saturated carbocycles. The van der Waals surface area contributed by atoms with Crippen LogP contribution in [0.15, 0.2) is 0 Å². The van der Waals surface area contributed by atoms with Crippen molar-refractivity contribution in [3.05, 3.63) is 0 Å². The lowest BCUT2D eigenvalue weighted by Gasteiger charge is -1.81. The number of hydrogen-bond donors (Lipinski definition) is 3. The van der Waals surface area contributed by atoms with Crippen molar-refractivity contribution in [2.75, 3.05) is 13.1 Å². The Morgan fingerprint density at radius 2 is 1.50 bits per heavy atom. The predicted molar refractivity (Wildman–Crippen MR) is 25.6 cm³/mol. The van der Waals surface area contributed by atoms with E-state index >= 15 is 0 Å². The van der Waals surface area contributed by atoms with E-state index in [1.54, 1.807) is 0 Å². The lowest BCUT2D eigenvalue weighted by Crippen LogP contribution is -2.21. The fraction of sp³-hybridized carbons (Fsp3) is 1.00. The lowest BCUT2D eigenvalue weighted by molar-refractivity contribution is 0.689. The largest absolute Gasteiger partial charge is 0.344 e. The standard InChI is InChI=1S/C3H8N2.H3N/c1-2-4-5-3-1;/h4-5H,1-3H2;1H3. The van der Waals surface area contributed by atoms with Crippen LogP contribution in [0.2, 0.25) is 0 Å². The van der Waals surface area contributed by atoms with Gasteiger partial charge >= 0.3 is 0 Å². The van der Waals surface area contributed by atoms with Gasteiger partial charge in [-0.1, -0.05) is 0 Å². The quantitative estimate of drug-likeness (QED) is 0.380. The van der Waals surface area contributed by atoms with Gasteiger partial charge in [0.2, 0.25) is 0 Å². The molecule has 0 aromatic rings. The Balaban J connectivity index is 0.000000250. The second kappa shape index (κ2) is 3.08. The number of hydrogen-bond acceptors (Lipinski definition) is 3. The molecule has 0 aromatic carbocycles. The van der Waals surface area contributed by atoms with E-state index in [0.29, 0.717) is 0 Å². The minimum atomic E-state index is 0. The zero-order chi connectivity index (χ0) is 3.54. The minimum Gasteiger partial charge on any atom is -0.344 e. The van der Waals surface area contributed by atoms with Crippen LogP contribution in [0.1, 0.15) is 6.42 Å². The molecule has 0 bridgehead atoms. The molecular weight excluding hydrogens is 78.1 g/mol. The molecule has 1 fully saturated rings. The van der Waals surface area contributed by atoms with Gasteiger partial charge in [0.05, 0.1) is 0 Å². The molecule has 0 atom stereocenters. The molecule has 3 nitrogen and oxygen atoms in total. The van der Waals surface area contributed by atoms with Crippen molar-refractivity contribution in [1.82, 2.24) is 17.0 Å². The molecule has 1 saturated heterocycles. The Hall–Kier alpha value is -0.120. The van der Waals surface area contributed by atoms with Gasteiger partial charge in [-0.3, -0.25) is 10.9 Å². The van der Waals surface area contributed by atoms with E-state index in [1.807, 2.05) is 0 Å². The van der Waals surface area contributed by atoms with Crippen molar-refractivity contribution < 1.29 is 0 Å². The molecular formula is C3H11N3. The van der Waals surface area contributed by atoms with Gasteiger partial charge in [-0.05, 0) is 6.42 Å². The van der Waals surface area contributed by atoms with Gasteiger partial charge in [0.25, 0.3) is 0 Å². The summed E-state index contributed by atoms with van der Waals surface area (Å²) in [5.74, 6) is 0. The van der Waals surface area contributed by atoms with E-state index in [0.717, 1.165) is 13.1 Å². The van der Waals surface area contributed by atoms with Gasteiger partial charge in [-0.15, -0.1) is 0 Å². The fourth-order valence-electron chi connectivity index (χ4n) is 0.442. The Morgan fingerprint density at radius 1 is 1.00 bits per heavy atom. The summed E-state index contributed by atoms with van der Waals surface area (Å²) in [6.07, 6.45) is 1.28. The summed E-state index contributed by atoms with van der Waals surface area (Å²) in [5.41, 5.74) is 5.94. The first-order chi connectivity index (χ1) is 2.50. The van der Waals surface area contributed by atoms with Crippen molar-refractivity contribution in [2.24, 2.45) is 0 Å². The molecule has 0 aliphatic carbocycles. The number of nitrogens with one attached hydrogen (secondary N) is 2. The fourth-order valence-corrected chi connectivity index (χ4v) is 0.442. The van der Waals surface area contributed by atoms with Crippen LogP contribution in [0, 0.1) is 0 Å². The first kappa shape index (κ1) is 5.88. The van der Waals surface area contributed by atoms with Crippen LogP contribution in [-0.2, 0) is 0 Å². The molecule has 1 rings (SSSR count). The van der Waals surface area contributed by atoms with Gasteiger partial charge < -0.3 is 6.15 Å². The molecule has 0 radical (unpaired) electrons. The van der Waals surface area contributed by atoms with E-state index < -0.39 is 0 Å². The highest BCUT2D eigenvalue weighted by molar-refractivity contribution is 4.51.